The fourth-order valence-electron chi connectivity index (χ4n) is 1.71. The van der Waals surface area contributed by atoms with Gasteiger partial charge in [0.25, 0.3) is 0 Å². The first-order valence-electron chi connectivity index (χ1n) is 6.07. The summed E-state index contributed by atoms with van der Waals surface area (Å²) >= 11 is 0. The van der Waals surface area contributed by atoms with Gasteiger partial charge in [-0.15, -0.1) is 0 Å². The van der Waals surface area contributed by atoms with Crippen molar-refractivity contribution in [3.8, 4) is 0 Å². The molecule has 0 spiro atoms. The molecule has 3 heteroatoms. The molecule has 18 heavy (non-hydrogen) atoms. The van der Waals surface area contributed by atoms with Crippen molar-refractivity contribution < 1.29 is 4.79 Å². The van der Waals surface area contributed by atoms with E-state index in [0.29, 0.717) is 18.0 Å². The molecule has 1 aromatic carbocycles. The van der Waals surface area contributed by atoms with Gasteiger partial charge in [0.15, 0.2) is 0 Å². The van der Waals surface area contributed by atoms with Crippen molar-refractivity contribution >= 4 is 22.9 Å². The summed E-state index contributed by atoms with van der Waals surface area (Å²) in [5, 5.41) is 2.19. The lowest BCUT2D eigenvalue weighted by Gasteiger charge is -1.99. The molecule has 1 heterocycles. The van der Waals surface area contributed by atoms with E-state index in [1.54, 1.807) is 6.20 Å². The lowest BCUT2D eigenvalue weighted by atomic mass is 10.1. The number of benzene rings is 1. The van der Waals surface area contributed by atoms with E-state index in [1.807, 2.05) is 44.2 Å². The monoisotopic (exact) mass is 240 g/mol. The van der Waals surface area contributed by atoms with Crippen molar-refractivity contribution in [1.29, 1.82) is 0 Å². The Bertz CT molecular complexity index is 588. The Hall–Kier alpha value is -2.03. The number of rotatable bonds is 3. The molecule has 0 bridgehead atoms. The Morgan fingerprint density at radius 1 is 1.33 bits per heavy atom. The third kappa shape index (κ3) is 3.23. The molecule has 0 radical (unpaired) electrons. The minimum absolute atomic E-state index is 0.0973. The van der Waals surface area contributed by atoms with Crippen molar-refractivity contribution in [2.75, 3.05) is 0 Å². The van der Waals surface area contributed by atoms with E-state index in [1.165, 1.54) is 6.21 Å². The van der Waals surface area contributed by atoms with Crippen LogP contribution in [0.15, 0.2) is 41.5 Å². The predicted molar refractivity (Wildman–Crippen MR) is 73.8 cm³/mol. The molecule has 92 valence electrons. The van der Waals surface area contributed by atoms with Crippen LogP contribution in [-0.2, 0) is 4.79 Å². The van der Waals surface area contributed by atoms with Crippen LogP contribution in [0.3, 0.4) is 0 Å². The minimum Gasteiger partial charge on any atom is -0.273 e. The molecule has 0 aliphatic rings. The Morgan fingerprint density at radius 3 is 2.78 bits per heavy atom. The molecule has 0 saturated carbocycles. The molecule has 0 atom stereocenters. The number of pyridine rings is 1. The maximum atomic E-state index is 11.5. The quantitative estimate of drug-likeness (QED) is 0.773. The van der Waals surface area contributed by atoms with E-state index in [2.05, 4.69) is 9.98 Å². The van der Waals surface area contributed by atoms with Gasteiger partial charge >= 0.3 is 0 Å². The van der Waals surface area contributed by atoms with Gasteiger partial charge in [0.2, 0.25) is 5.91 Å². The second-order valence-corrected chi connectivity index (χ2v) is 4.71. The van der Waals surface area contributed by atoms with Gasteiger partial charge in [-0.05, 0) is 17.4 Å². The Kier molecular flexibility index (Phi) is 3.82. The number of aromatic nitrogens is 1. The number of amides is 1. The van der Waals surface area contributed by atoms with Crippen LogP contribution >= 0.6 is 0 Å². The smallest absolute Gasteiger partial charge is 0.245 e. The minimum atomic E-state index is -0.0973. The number of hydrogen-bond donors (Lipinski definition) is 0. The molecule has 0 saturated heterocycles. The lowest BCUT2D eigenvalue weighted by Crippen LogP contribution is -2.00. The average Bonchev–Trinajstić information content (AvgIpc) is 2.35. The molecule has 0 fully saturated rings. The maximum Gasteiger partial charge on any atom is 0.245 e. The Morgan fingerprint density at radius 2 is 2.06 bits per heavy atom. The second kappa shape index (κ2) is 5.54. The van der Waals surface area contributed by atoms with Crippen LogP contribution < -0.4 is 0 Å². The number of hydrogen-bond acceptors (Lipinski definition) is 2. The van der Waals surface area contributed by atoms with Crippen LogP contribution in [-0.4, -0.2) is 17.1 Å². The van der Waals surface area contributed by atoms with Gasteiger partial charge in [-0.2, -0.15) is 0 Å². The van der Waals surface area contributed by atoms with Gasteiger partial charge in [0.1, 0.15) is 0 Å². The van der Waals surface area contributed by atoms with Crippen LogP contribution in [0.5, 0.6) is 0 Å². The van der Waals surface area contributed by atoms with E-state index in [0.717, 1.165) is 10.8 Å². The summed E-state index contributed by atoms with van der Waals surface area (Å²) in [4.78, 5) is 19.6. The fraction of sp³-hybridized carbons (Fsp3) is 0.267. The van der Waals surface area contributed by atoms with Crippen LogP contribution in [0, 0.1) is 5.92 Å². The van der Waals surface area contributed by atoms with Crippen LogP contribution in [0.4, 0.5) is 0 Å². The molecular formula is C15H16N2O. The molecule has 1 amide bonds. The molecule has 0 N–H and O–H groups in total. The SMILES string of the molecule is CC(C)CC(=O)N=Cc1cc2ccccc2cn1. The average molecular weight is 240 g/mol. The molecule has 1 aromatic heterocycles. The largest absolute Gasteiger partial charge is 0.273 e. The number of nitrogens with zero attached hydrogens (tertiary/aromatic N) is 2. The van der Waals surface area contributed by atoms with Crippen LogP contribution in [0.25, 0.3) is 10.8 Å². The predicted octanol–water partition coefficient (Wildman–Crippen LogP) is 3.23. The third-order valence-electron chi connectivity index (χ3n) is 2.58. The van der Waals surface area contributed by atoms with Crippen molar-refractivity contribution in [3.05, 3.63) is 42.2 Å². The first-order chi connectivity index (χ1) is 8.65. The molecule has 2 aromatic rings. The highest BCUT2D eigenvalue weighted by molar-refractivity contribution is 5.93. The van der Waals surface area contributed by atoms with Crippen LogP contribution in [0.1, 0.15) is 26.0 Å². The Balaban J connectivity index is 2.17. The van der Waals surface area contributed by atoms with Gasteiger partial charge in [0.05, 0.1) is 11.9 Å². The molecule has 2 rings (SSSR count). The van der Waals surface area contributed by atoms with E-state index in [9.17, 15) is 4.79 Å². The molecule has 3 nitrogen and oxygen atoms in total. The molecule has 0 aliphatic heterocycles. The zero-order chi connectivity index (χ0) is 13.0. The van der Waals surface area contributed by atoms with E-state index >= 15 is 0 Å². The van der Waals surface area contributed by atoms with E-state index in [-0.39, 0.29) is 5.91 Å². The number of carbonyl (C=O) groups excluding carboxylic acids is 1. The lowest BCUT2D eigenvalue weighted by molar-refractivity contribution is -0.118. The highest BCUT2D eigenvalue weighted by Gasteiger charge is 2.02. The maximum absolute atomic E-state index is 11.5. The summed E-state index contributed by atoms with van der Waals surface area (Å²) in [5.74, 6) is 0.235. The third-order valence-corrected chi connectivity index (χ3v) is 2.58. The normalized spacial score (nSPS) is 11.5. The summed E-state index contributed by atoms with van der Waals surface area (Å²) in [6.45, 7) is 4.00. The summed E-state index contributed by atoms with van der Waals surface area (Å²) < 4.78 is 0. The summed E-state index contributed by atoms with van der Waals surface area (Å²) in [6, 6.07) is 9.91. The zero-order valence-electron chi connectivity index (χ0n) is 10.6. The topological polar surface area (TPSA) is 42.3 Å². The van der Waals surface area contributed by atoms with E-state index in [4.69, 9.17) is 0 Å². The van der Waals surface area contributed by atoms with Gasteiger partial charge in [-0.25, -0.2) is 4.99 Å². The van der Waals surface area contributed by atoms with Gasteiger partial charge in [-0.3, -0.25) is 9.78 Å². The summed E-state index contributed by atoms with van der Waals surface area (Å²) in [7, 11) is 0. The zero-order valence-corrected chi connectivity index (χ0v) is 10.6. The second-order valence-electron chi connectivity index (χ2n) is 4.71. The van der Waals surface area contributed by atoms with Gasteiger partial charge < -0.3 is 0 Å². The van der Waals surface area contributed by atoms with Gasteiger partial charge in [-0.1, -0.05) is 38.1 Å². The molecular weight excluding hydrogens is 224 g/mol. The summed E-state index contributed by atoms with van der Waals surface area (Å²) in [6.07, 6.45) is 3.81. The number of aliphatic imine (C=N–C) groups is 1. The summed E-state index contributed by atoms with van der Waals surface area (Å²) in [5.41, 5.74) is 0.714. The Labute approximate surface area is 107 Å². The highest BCUT2D eigenvalue weighted by atomic mass is 16.1. The van der Waals surface area contributed by atoms with Crippen molar-refractivity contribution in [3.63, 3.8) is 0 Å². The number of fused-ring (bicyclic) bond motifs is 1. The van der Waals surface area contributed by atoms with Crippen molar-refractivity contribution in [2.24, 2.45) is 10.9 Å². The first kappa shape index (κ1) is 12.4. The van der Waals surface area contributed by atoms with Crippen LogP contribution in [0.2, 0.25) is 0 Å². The number of carbonyl (C=O) groups is 1. The van der Waals surface area contributed by atoms with E-state index < -0.39 is 0 Å². The van der Waals surface area contributed by atoms with Gasteiger partial charge in [0, 0.05) is 18.0 Å². The molecule has 0 aliphatic carbocycles. The van der Waals surface area contributed by atoms with Crippen molar-refractivity contribution in [2.45, 2.75) is 20.3 Å². The first-order valence-corrected chi connectivity index (χ1v) is 6.07. The highest BCUT2D eigenvalue weighted by Crippen LogP contribution is 2.12. The molecule has 0 unspecified atom stereocenters. The fourth-order valence-corrected chi connectivity index (χ4v) is 1.71. The standard InChI is InChI=1S/C15H16N2O/c1-11(2)7-15(18)17-10-14-8-12-5-3-4-6-13(12)9-16-14/h3-6,8-11H,7H2,1-2H3. The van der Waals surface area contributed by atoms with Crippen molar-refractivity contribution in [1.82, 2.24) is 4.98 Å².